The lowest BCUT2D eigenvalue weighted by atomic mass is 10.4. The number of hydrogen-bond donors (Lipinski definition) is 0. The van der Waals surface area contributed by atoms with Gasteiger partial charge in [0.15, 0.2) is 5.76 Å². The van der Waals surface area contributed by atoms with Gasteiger partial charge in [0, 0.05) is 12.3 Å². The Kier molecular flexibility index (Phi) is 2.85. The zero-order valence-corrected chi connectivity index (χ0v) is 10.1. The molecule has 2 heterocycles. The molecule has 2 aromatic rings. The molecule has 0 N–H and O–H groups in total. The lowest BCUT2D eigenvalue weighted by Gasteiger charge is -2.06. The molecule has 6 heteroatoms. The van der Waals surface area contributed by atoms with E-state index < -0.39 is 0 Å². The minimum absolute atomic E-state index is 0.0560. The van der Waals surface area contributed by atoms with Crippen molar-refractivity contribution in [3.8, 4) is 0 Å². The molecule has 0 spiro atoms. The van der Waals surface area contributed by atoms with Crippen LogP contribution in [0.1, 0.15) is 11.6 Å². The first-order chi connectivity index (χ1) is 7.18. The molecule has 2 rings (SSSR count). The predicted molar refractivity (Wildman–Crippen MR) is 61.6 cm³/mol. The zero-order chi connectivity index (χ0) is 10.8. The van der Waals surface area contributed by atoms with Crippen LogP contribution in [0.15, 0.2) is 27.8 Å². The third kappa shape index (κ3) is 2.09. The summed E-state index contributed by atoms with van der Waals surface area (Å²) in [6, 6.07) is 1.73. The molecule has 15 heavy (non-hydrogen) atoms. The highest BCUT2D eigenvalue weighted by Crippen LogP contribution is 2.02. The second-order valence-electron chi connectivity index (χ2n) is 3.02. The van der Waals surface area contributed by atoms with Gasteiger partial charge in [-0.15, -0.1) is 0 Å². The molecule has 78 valence electrons. The van der Waals surface area contributed by atoms with Crippen molar-refractivity contribution in [2.24, 2.45) is 0 Å². The monoisotopic (exact) mass is 317 g/mol. The molecule has 0 radical (unpaired) electrons. The van der Waals surface area contributed by atoms with Gasteiger partial charge in [0.1, 0.15) is 5.82 Å². The van der Waals surface area contributed by atoms with Crippen LogP contribution < -0.4 is 5.56 Å². The topological polar surface area (TPSA) is 60.9 Å². The normalized spacial score (nSPS) is 10.5. The van der Waals surface area contributed by atoms with Crippen LogP contribution in [0.2, 0.25) is 0 Å². The largest absolute Gasteiger partial charge is 0.359 e. The molecule has 0 bridgehead atoms. The summed E-state index contributed by atoms with van der Waals surface area (Å²) in [6.45, 7) is 2.16. The van der Waals surface area contributed by atoms with Crippen molar-refractivity contribution >= 4 is 22.6 Å². The summed E-state index contributed by atoms with van der Waals surface area (Å²) >= 11 is 1.97. The van der Waals surface area contributed by atoms with Gasteiger partial charge in [-0.2, -0.15) is 0 Å². The van der Waals surface area contributed by atoms with Crippen LogP contribution in [0.5, 0.6) is 0 Å². The average Bonchev–Trinajstić information content (AvgIpc) is 2.71. The van der Waals surface area contributed by atoms with Gasteiger partial charge in [0.05, 0.1) is 16.3 Å². The summed E-state index contributed by atoms with van der Waals surface area (Å²) in [4.78, 5) is 15.9. The van der Waals surface area contributed by atoms with Gasteiger partial charge in [0.2, 0.25) is 0 Å². The number of halogens is 1. The van der Waals surface area contributed by atoms with Gasteiger partial charge in [-0.25, -0.2) is 4.98 Å². The van der Waals surface area contributed by atoms with Gasteiger partial charge in [-0.3, -0.25) is 9.36 Å². The summed E-state index contributed by atoms with van der Waals surface area (Å²) in [6.07, 6.45) is 3.12. The first-order valence-corrected chi connectivity index (χ1v) is 5.38. The molecule has 0 amide bonds. The third-order valence-corrected chi connectivity index (χ3v) is 2.75. The van der Waals surface area contributed by atoms with E-state index in [-0.39, 0.29) is 5.56 Å². The van der Waals surface area contributed by atoms with Crippen molar-refractivity contribution in [2.45, 2.75) is 13.5 Å². The molecule has 0 fully saturated rings. The van der Waals surface area contributed by atoms with Crippen LogP contribution in [0, 0.1) is 10.5 Å². The first-order valence-electron chi connectivity index (χ1n) is 4.30. The van der Waals surface area contributed by atoms with E-state index in [4.69, 9.17) is 4.52 Å². The van der Waals surface area contributed by atoms with Gasteiger partial charge >= 0.3 is 0 Å². The van der Waals surface area contributed by atoms with Crippen LogP contribution in [0.25, 0.3) is 0 Å². The maximum absolute atomic E-state index is 11.8. The Labute approximate surface area is 99.3 Å². The van der Waals surface area contributed by atoms with Crippen LogP contribution in [0.4, 0.5) is 0 Å². The summed E-state index contributed by atoms with van der Waals surface area (Å²) in [5.41, 5.74) is -0.0560. The van der Waals surface area contributed by atoms with E-state index in [1.807, 2.05) is 22.6 Å². The van der Waals surface area contributed by atoms with Gasteiger partial charge in [-0.05, 0) is 29.5 Å². The second-order valence-corrected chi connectivity index (χ2v) is 4.19. The van der Waals surface area contributed by atoms with Gasteiger partial charge in [0.25, 0.3) is 5.56 Å². The molecule has 0 aromatic carbocycles. The zero-order valence-electron chi connectivity index (χ0n) is 7.98. The smallest absolute Gasteiger partial charge is 0.267 e. The number of aryl methyl sites for hydroxylation is 1. The Morgan fingerprint density at radius 3 is 3.07 bits per heavy atom. The van der Waals surface area contributed by atoms with Crippen LogP contribution in [-0.2, 0) is 6.54 Å². The van der Waals surface area contributed by atoms with Crippen molar-refractivity contribution in [3.05, 3.63) is 44.0 Å². The highest BCUT2D eigenvalue weighted by molar-refractivity contribution is 14.1. The van der Waals surface area contributed by atoms with E-state index in [1.54, 1.807) is 30.0 Å². The Balaban J connectivity index is 2.44. The summed E-state index contributed by atoms with van der Waals surface area (Å²) in [5, 5.41) is 3.59. The average molecular weight is 317 g/mol. The Hall–Kier alpha value is -1.18. The molecule has 2 aromatic heterocycles. The number of nitrogens with zero attached hydrogens (tertiary/aromatic N) is 3. The van der Waals surface area contributed by atoms with Gasteiger partial charge < -0.3 is 4.52 Å². The molecule has 0 saturated heterocycles. The maximum Gasteiger partial charge on any atom is 0.267 e. The highest BCUT2D eigenvalue weighted by atomic mass is 127. The molecular weight excluding hydrogens is 309 g/mol. The summed E-state index contributed by atoms with van der Waals surface area (Å²) in [5.74, 6) is 1.31. The number of aromatic nitrogens is 3. The highest BCUT2D eigenvalue weighted by Gasteiger charge is 2.07. The third-order valence-electron chi connectivity index (χ3n) is 2.01. The van der Waals surface area contributed by atoms with E-state index in [9.17, 15) is 4.79 Å². The molecule has 5 nitrogen and oxygen atoms in total. The predicted octanol–water partition coefficient (Wildman–Crippen LogP) is 1.19. The SMILES string of the molecule is Cc1ncc(I)c(=O)n1Cc1ccno1. The Morgan fingerprint density at radius 1 is 1.60 bits per heavy atom. The molecule has 0 aliphatic carbocycles. The van der Waals surface area contributed by atoms with E-state index in [2.05, 4.69) is 10.1 Å². The number of hydrogen-bond acceptors (Lipinski definition) is 4. The van der Waals surface area contributed by atoms with Crippen molar-refractivity contribution in [3.63, 3.8) is 0 Å². The fraction of sp³-hybridized carbons (Fsp3) is 0.222. The minimum Gasteiger partial charge on any atom is -0.359 e. The quantitative estimate of drug-likeness (QED) is 0.781. The van der Waals surface area contributed by atoms with Crippen LogP contribution >= 0.6 is 22.6 Å². The van der Waals surface area contributed by atoms with E-state index in [0.29, 0.717) is 21.7 Å². The first kappa shape index (κ1) is 10.3. The Morgan fingerprint density at radius 2 is 2.40 bits per heavy atom. The molecule has 0 aliphatic rings. The van der Waals surface area contributed by atoms with E-state index >= 15 is 0 Å². The van der Waals surface area contributed by atoms with E-state index in [0.717, 1.165) is 0 Å². The van der Waals surface area contributed by atoms with Crippen molar-refractivity contribution in [2.75, 3.05) is 0 Å². The second kappa shape index (κ2) is 4.13. The lowest BCUT2D eigenvalue weighted by molar-refractivity contribution is 0.373. The molecule has 0 saturated carbocycles. The lowest BCUT2D eigenvalue weighted by Crippen LogP contribution is -2.25. The fourth-order valence-electron chi connectivity index (χ4n) is 1.22. The van der Waals surface area contributed by atoms with Crippen LogP contribution in [0.3, 0.4) is 0 Å². The van der Waals surface area contributed by atoms with Crippen molar-refractivity contribution < 1.29 is 4.52 Å². The summed E-state index contributed by atoms with van der Waals surface area (Å²) < 4.78 is 7.10. The Bertz CT molecular complexity index is 519. The van der Waals surface area contributed by atoms with Gasteiger partial charge in [-0.1, -0.05) is 5.16 Å². The minimum atomic E-state index is -0.0560. The van der Waals surface area contributed by atoms with E-state index in [1.165, 1.54) is 0 Å². The maximum atomic E-state index is 11.8. The van der Waals surface area contributed by atoms with Crippen LogP contribution in [-0.4, -0.2) is 14.7 Å². The molecule has 0 aliphatic heterocycles. The molecular formula is C9H8IN3O2. The summed E-state index contributed by atoms with van der Waals surface area (Å²) in [7, 11) is 0. The van der Waals surface area contributed by atoms with Crippen molar-refractivity contribution in [1.82, 2.24) is 14.7 Å². The standard InChI is InChI=1S/C9H8IN3O2/c1-6-11-4-8(10)9(14)13(6)5-7-2-3-12-15-7/h2-4H,5H2,1H3. The number of rotatable bonds is 2. The van der Waals surface area contributed by atoms with Crippen molar-refractivity contribution in [1.29, 1.82) is 0 Å². The fourth-order valence-corrected chi connectivity index (χ4v) is 1.65. The molecule has 0 atom stereocenters. The molecule has 0 unspecified atom stereocenters.